The lowest BCUT2D eigenvalue weighted by Gasteiger charge is -2.38. The molecule has 1 aromatic rings. The van der Waals surface area contributed by atoms with Gasteiger partial charge in [0.25, 0.3) is 0 Å². The standard InChI is InChI=1S/C15H22O2S/c1-4-17-15(9-5-6-11(2)10-15)14(16)13-8-7-12(3)18-13/h7-8,11H,4-6,9-10H2,1-3H3. The highest BCUT2D eigenvalue weighted by atomic mass is 32.1. The van der Waals surface area contributed by atoms with Crippen LogP contribution in [0.1, 0.15) is 54.1 Å². The Labute approximate surface area is 113 Å². The molecule has 0 bridgehead atoms. The lowest BCUT2D eigenvalue weighted by molar-refractivity contribution is -0.0509. The molecule has 100 valence electrons. The molecule has 0 spiro atoms. The third kappa shape index (κ3) is 2.67. The second-order valence-corrected chi connectivity index (χ2v) is 6.66. The Kier molecular flexibility index (Phi) is 4.23. The van der Waals surface area contributed by atoms with E-state index in [1.54, 1.807) is 11.3 Å². The predicted molar refractivity (Wildman–Crippen MR) is 75.4 cm³/mol. The van der Waals surface area contributed by atoms with E-state index in [4.69, 9.17) is 4.74 Å². The molecular formula is C15H22O2S. The molecule has 1 aliphatic rings. The first-order valence-electron chi connectivity index (χ1n) is 6.82. The number of rotatable bonds is 4. The minimum absolute atomic E-state index is 0.203. The zero-order valence-corrected chi connectivity index (χ0v) is 12.3. The van der Waals surface area contributed by atoms with E-state index >= 15 is 0 Å². The van der Waals surface area contributed by atoms with Crippen LogP contribution in [0.15, 0.2) is 12.1 Å². The molecule has 2 unspecified atom stereocenters. The van der Waals surface area contributed by atoms with Crippen LogP contribution in [0.3, 0.4) is 0 Å². The van der Waals surface area contributed by atoms with E-state index in [0.717, 1.165) is 24.1 Å². The zero-order chi connectivity index (χ0) is 13.2. The summed E-state index contributed by atoms with van der Waals surface area (Å²) in [6.07, 6.45) is 4.06. The molecule has 3 heteroatoms. The Morgan fingerprint density at radius 1 is 1.56 bits per heavy atom. The Hall–Kier alpha value is -0.670. The van der Waals surface area contributed by atoms with Crippen LogP contribution < -0.4 is 0 Å². The highest BCUT2D eigenvalue weighted by Gasteiger charge is 2.43. The van der Waals surface area contributed by atoms with E-state index in [1.807, 2.05) is 26.0 Å². The van der Waals surface area contributed by atoms with E-state index in [0.29, 0.717) is 12.5 Å². The van der Waals surface area contributed by atoms with Gasteiger partial charge in [0.2, 0.25) is 5.78 Å². The average Bonchev–Trinajstić information content (AvgIpc) is 2.75. The Morgan fingerprint density at radius 3 is 2.89 bits per heavy atom. The molecule has 0 saturated heterocycles. The molecular weight excluding hydrogens is 244 g/mol. The summed E-state index contributed by atoms with van der Waals surface area (Å²) in [6, 6.07) is 3.96. The SMILES string of the molecule is CCOC1(C(=O)c2ccc(C)s2)CCCC(C)C1. The maximum Gasteiger partial charge on any atom is 0.204 e. The highest BCUT2D eigenvalue weighted by molar-refractivity contribution is 7.14. The number of ether oxygens (including phenoxy) is 1. The van der Waals surface area contributed by atoms with Crippen LogP contribution in [0, 0.1) is 12.8 Å². The molecule has 1 aliphatic carbocycles. The van der Waals surface area contributed by atoms with Crippen molar-refractivity contribution in [3.63, 3.8) is 0 Å². The van der Waals surface area contributed by atoms with Gasteiger partial charge in [-0.1, -0.05) is 13.3 Å². The summed E-state index contributed by atoms with van der Waals surface area (Å²) < 4.78 is 5.92. The molecule has 1 aromatic heterocycles. The van der Waals surface area contributed by atoms with Crippen LogP contribution in [0.4, 0.5) is 0 Å². The van der Waals surface area contributed by atoms with Gasteiger partial charge in [0.15, 0.2) is 0 Å². The van der Waals surface area contributed by atoms with Crippen molar-refractivity contribution in [3.05, 3.63) is 21.9 Å². The molecule has 1 heterocycles. The molecule has 0 N–H and O–H groups in total. The van der Waals surface area contributed by atoms with E-state index in [2.05, 4.69) is 6.92 Å². The molecule has 0 aliphatic heterocycles. The van der Waals surface area contributed by atoms with Crippen LogP contribution in [-0.2, 0) is 4.74 Å². The summed E-state index contributed by atoms with van der Waals surface area (Å²) in [6.45, 7) is 6.86. The molecule has 2 nitrogen and oxygen atoms in total. The first kappa shape index (κ1) is 13.8. The van der Waals surface area contributed by atoms with Gasteiger partial charge in [0, 0.05) is 11.5 Å². The van der Waals surface area contributed by atoms with Gasteiger partial charge in [0.05, 0.1) is 4.88 Å². The van der Waals surface area contributed by atoms with Crippen LogP contribution in [-0.4, -0.2) is 18.0 Å². The van der Waals surface area contributed by atoms with Crippen molar-refractivity contribution in [2.45, 2.75) is 52.1 Å². The smallest absolute Gasteiger partial charge is 0.204 e. The molecule has 2 rings (SSSR count). The van der Waals surface area contributed by atoms with Crippen LogP contribution in [0.5, 0.6) is 0 Å². The minimum Gasteiger partial charge on any atom is -0.367 e. The first-order valence-corrected chi connectivity index (χ1v) is 7.64. The second-order valence-electron chi connectivity index (χ2n) is 5.37. The van der Waals surface area contributed by atoms with Gasteiger partial charge in [-0.2, -0.15) is 0 Å². The lowest BCUT2D eigenvalue weighted by Crippen LogP contribution is -2.45. The fraction of sp³-hybridized carbons (Fsp3) is 0.667. The summed E-state index contributed by atoms with van der Waals surface area (Å²) in [7, 11) is 0. The topological polar surface area (TPSA) is 26.3 Å². The number of aryl methyl sites for hydroxylation is 1. The Balaban J connectivity index is 2.26. The lowest BCUT2D eigenvalue weighted by atomic mass is 9.76. The normalized spacial score (nSPS) is 28.3. The third-order valence-electron chi connectivity index (χ3n) is 3.75. The maximum absolute atomic E-state index is 12.8. The molecule has 0 radical (unpaired) electrons. The number of hydrogen-bond acceptors (Lipinski definition) is 3. The Morgan fingerprint density at radius 2 is 2.33 bits per heavy atom. The number of thiophene rings is 1. The van der Waals surface area contributed by atoms with E-state index < -0.39 is 5.60 Å². The van der Waals surface area contributed by atoms with Crippen molar-refractivity contribution in [1.29, 1.82) is 0 Å². The number of ketones is 1. The van der Waals surface area contributed by atoms with Gasteiger partial charge in [-0.15, -0.1) is 11.3 Å². The van der Waals surface area contributed by atoms with Gasteiger partial charge < -0.3 is 4.74 Å². The molecule has 0 aromatic carbocycles. The monoisotopic (exact) mass is 266 g/mol. The largest absolute Gasteiger partial charge is 0.367 e. The van der Waals surface area contributed by atoms with Crippen LogP contribution >= 0.6 is 11.3 Å². The third-order valence-corrected chi connectivity index (χ3v) is 4.75. The van der Waals surface area contributed by atoms with Crippen LogP contribution in [0.25, 0.3) is 0 Å². The summed E-state index contributed by atoms with van der Waals surface area (Å²) in [5.41, 5.74) is -0.552. The fourth-order valence-electron chi connectivity index (χ4n) is 2.96. The summed E-state index contributed by atoms with van der Waals surface area (Å²) in [5, 5.41) is 0. The Bertz CT molecular complexity index is 420. The second kappa shape index (κ2) is 5.54. The van der Waals surface area contributed by atoms with Gasteiger partial charge in [-0.3, -0.25) is 4.79 Å². The van der Waals surface area contributed by atoms with Crippen molar-refractivity contribution >= 4 is 17.1 Å². The number of carbonyl (C=O) groups excluding carboxylic acids is 1. The van der Waals surface area contributed by atoms with E-state index in [9.17, 15) is 4.79 Å². The van der Waals surface area contributed by atoms with Gasteiger partial charge in [0.1, 0.15) is 5.60 Å². The molecule has 1 fully saturated rings. The summed E-state index contributed by atoms with van der Waals surface area (Å²) >= 11 is 1.59. The molecule has 0 amide bonds. The molecule has 2 atom stereocenters. The van der Waals surface area contributed by atoms with Crippen LogP contribution in [0.2, 0.25) is 0 Å². The van der Waals surface area contributed by atoms with Crippen molar-refractivity contribution in [3.8, 4) is 0 Å². The number of hydrogen-bond donors (Lipinski definition) is 0. The maximum atomic E-state index is 12.8. The van der Waals surface area contributed by atoms with Gasteiger partial charge >= 0.3 is 0 Å². The quantitative estimate of drug-likeness (QED) is 0.762. The van der Waals surface area contributed by atoms with E-state index in [-0.39, 0.29) is 5.78 Å². The number of carbonyl (C=O) groups is 1. The van der Waals surface area contributed by atoms with Crippen molar-refractivity contribution in [2.24, 2.45) is 5.92 Å². The highest BCUT2D eigenvalue weighted by Crippen LogP contribution is 2.38. The van der Waals surface area contributed by atoms with Crippen molar-refractivity contribution in [1.82, 2.24) is 0 Å². The number of Topliss-reactive ketones (excluding diaryl/α,β-unsaturated/α-hetero) is 1. The molecule has 18 heavy (non-hydrogen) atoms. The van der Waals surface area contributed by atoms with E-state index in [1.165, 1.54) is 11.3 Å². The minimum atomic E-state index is -0.552. The van der Waals surface area contributed by atoms with Crippen molar-refractivity contribution < 1.29 is 9.53 Å². The van der Waals surface area contributed by atoms with Crippen molar-refractivity contribution in [2.75, 3.05) is 6.61 Å². The fourth-order valence-corrected chi connectivity index (χ4v) is 3.86. The zero-order valence-electron chi connectivity index (χ0n) is 11.5. The predicted octanol–water partition coefficient (Wildman–Crippen LogP) is 4.22. The molecule has 1 saturated carbocycles. The first-order chi connectivity index (χ1) is 8.57. The average molecular weight is 266 g/mol. The van der Waals surface area contributed by atoms with Gasteiger partial charge in [-0.25, -0.2) is 0 Å². The summed E-state index contributed by atoms with van der Waals surface area (Å²) in [4.78, 5) is 14.8. The van der Waals surface area contributed by atoms with Gasteiger partial charge in [-0.05, 0) is 51.2 Å². The summed E-state index contributed by atoms with van der Waals surface area (Å²) in [5.74, 6) is 0.782.